The maximum absolute atomic E-state index is 12.0. The second-order valence-corrected chi connectivity index (χ2v) is 5.35. The lowest BCUT2D eigenvalue weighted by Gasteiger charge is -1.97. The molecule has 0 fully saturated rings. The van der Waals surface area contributed by atoms with E-state index >= 15 is 0 Å². The molecule has 0 spiro atoms. The Morgan fingerprint density at radius 3 is 3.00 bits per heavy atom. The van der Waals surface area contributed by atoms with Gasteiger partial charge in [0.2, 0.25) is 0 Å². The summed E-state index contributed by atoms with van der Waals surface area (Å²) in [6.07, 6.45) is 1.98. The van der Waals surface area contributed by atoms with Crippen molar-refractivity contribution in [2.75, 3.05) is 0 Å². The highest BCUT2D eigenvalue weighted by atomic mass is 32.1. The molecule has 0 amide bonds. The zero-order valence-corrected chi connectivity index (χ0v) is 10.8. The van der Waals surface area contributed by atoms with Gasteiger partial charge in [-0.3, -0.25) is 4.79 Å². The van der Waals surface area contributed by atoms with Crippen molar-refractivity contribution in [3.63, 3.8) is 0 Å². The smallest absolute Gasteiger partial charge is 0.259 e. The standard InChI is InChI=1S/C12H11N3O2S/c1-6-7(2)18-12-10(6)11(16)13-9(14-12)5-8-3-4-17-15-8/h3-4H,5H2,1-2H3,(H,13,14,16). The SMILES string of the molecule is Cc1sc2nc(Cc3ccon3)[nH]c(=O)c2c1C. The van der Waals surface area contributed by atoms with Crippen LogP contribution in [-0.2, 0) is 6.42 Å². The minimum atomic E-state index is -0.0830. The number of aromatic amines is 1. The molecule has 0 aliphatic heterocycles. The van der Waals surface area contributed by atoms with Gasteiger partial charge in [-0.1, -0.05) is 5.16 Å². The number of aryl methyl sites for hydroxylation is 2. The van der Waals surface area contributed by atoms with E-state index in [1.165, 1.54) is 6.26 Å². The number of fused-ring (bicyclic) bond motifs is 1. The molecule has 92 valence electrons. The lowest BCUT2D eigenvalue weighted by Crippen LogP contribution is -2.11. The number of nitrogens with zero attached hydrogens (tertiary/aromatic N) is 2. The molecule has 3 aromatic heterocycles. The number of thiophene rings is 1. The van der Waals surface area contributed by atoms with Crippen molar-refractivity contribution in [3.05, 3.63) is 44.6 Å². The van der Waals surface area contributed by atoms with Gasteiger partial charge in [0.15, 0.2) is 0 Å². The fourth-order valence-corrected chi connectivity index (χ4v) is 2.93. The molecule has 18 heavy (non-hydrogen) atoms. The highest BCUT2D eigenvalue weighted by molar-refractivity contribution is 7.18. The molecule has 0 unspecified atom stereocenters. The van der Waals surface area contributed by atoms with E-state index in [1.807, 2.05) is 13.8 Å². The van der Waals surface area contributed by atoms with Crippen molar-refractivity contribution < 1.29 is 4.52 Å². The first kappa shape index (κ1) is 11.2. The van der Waals surface area contributed by atoms with Crippen LogP contribution in [0.1, 0.15) is 22.0 Å². The molecule has 1 N–H and O–H groups in total. The van der Waals surface area contributed by atoms with Crippen molar-refractivity contribution in [2.45, 2.75) is 20.3 Å². The van der Waals surface area contributed by atoms with E-state index in [-0.39, 0.29) is 5.56 Å². The maximum atomic E-state index is 12.0. The second-order valence-electron chi connectivity index (χ2n) is 4.14. The van der Waals surface area contributed by atoms with Gasteiger partial charge in [0.25, 0.3) is 5.56 Å². The van der Waals surface area contributed by atoms with E-state index in [9.17, 15) is 4.79 Å². The first-order chi connectivity index (χ1) is 8.65. The van der Waals surface area contributed by atoms with Crippen LogP contribution < -0.4 is 5.56 Å². The Morgan fingerprint density at radius 2 is 2.28 bits per heavy atom. The molecule has 0 bridgehead atoms. The first-order valence-electron chi connectivity index (χ1n) is 5.53. The maximum Gasteiger partial charge on any atom is 0.259 e. The van der Waals surface area contributed by atoms with E-state index < -0.39 is 0 Å². The van der Waals surface area contributed by atoms with Crippen molar-refractivity contribution in [1.29, 1.82) is 0 Å². The molecule has 0 radical (unpaired) electrons. The van der Waals surface area contributed by atoms with Crippen LogP contribution >= 0.6 is 11.3 Å². The Kier molecular flexibility index (Phi) is 2.52. The highest BCUT2D eigenvalue weighted by Crippen LogP contribution is 2.25. The summed E-state index contributed by atoms with van der Waals surface area (Å²) in [5.74, 6) is 0.614. The van der Waals surface area contributed by atoms with Crippen LogP contribution in [-0.4, -0.2) is 15.1 Å². The van der Waals surface area contributed by atoms with Gasteiger partial charge in [-0.2, -0.15) is 0 Å². The van der Waals surface area contributed by atoms with E-state index in [0.717, 1.165) is 21.0 Å². The van der Waals surface area contributed by atoms with Gasteiger partial charge in [0, 0.05) is 10.9 Å². The summed E-state index contributed by atoms with van der Waals surface area (Å²) in [7, 11) is 0. The normalized spacial score (nSPS) is 11.2. The van der Waals surface area contributed by atoms with Crippen LogP contribution in [0, 0.1) is 13.8 Å². The van der Waals surface area contributed by atoms with Gasteiger partial charge in [0.1, 0.15) is 16.9 Å². The molecule has 0 aliphatic rings. The van der Waals surface area contributed by atoms with E-state index in [4.69, 9.17) is 4.52 Å². The first-order valence-corrected chi connectivity index (χ1v) is 6.35. The Morgan fingerprint density at radius 1 is 1.44 bits per heavy atom. The van der Waals surface area contributed by atoms with Crippen molar-refractivity contribution >= 4 is 21.6 Å². The van der Waals surface area contributed by atoms with Gasteiger partial charge in [-0.25, -0.2) is 4.98 Å². The van der Waals surface area contributed by atoms with Crippen LogP contribution in [0.15, 0.2) is 21.6 Å². The summed E-state index contributed by atoms with van der Waals surface area (Å²) in [6.45, 7) is 3.95. The van der Waals surface area contributed by atoms with Crippen LogP contribution in [0.25, 0.3) is 10.2 Å². The quantitative estimate of drug-likeness (QED) is 0.767. The summed E-state index contributed by atoms with van der Waals surface area (Å²) in [4.78, 5) is 21.2. The zero-order valence-electron chi connectivity index (χ0n) is 9.98. The number of hydrogen-bond acceptors (Lipinski definition) is 5. The lowest BCUT2D eigenvalue weighted by molar-refractivity contribution is 0.412. The number of nitrogens with one attached hydrogen (secondary N) is 1. The van der Waals surface area contributed by atoms with Gasteiger partial charge >= 0.3 is 0 Å². The average molecular weight is 261 g/mol. The Hall–Kier alpha value is -1.95. The lowest BCUT2D eigenvalue weighted by atomic mass is 10.2. The number of hydrogen-bond donors (Lipinski definition) is 1. The third-order valence-electron chi connectivity index (χ3n) is 2.93. The van der Waals surface area contributed by atoms with Crippen LogP contribution in [0.3, 0.4) is 0 Å². The fraction of sp³-hybridized carbons (Fsp3) is 0.250. The average Bonchev–Trinajstić information content (AvgIpc) is 2.89. The molecule has 0 aliphatic carbocycles. The molecule has 6 heteroatoms. The fourth-order valence-electron chi connectivity index (χ4n) is 1.88. The topological polar surface area (TPSA) is 71.8 Å². The minimum Gasteiger partial charge on any atom is -0.364 e. The predicted octanol–water partition coefficient (Wildman–Crippen LogP) is 2.18. The minimum absolute atomic E-state index is 0.0830. The molecule has 0 saturated heterocycles. The predicted molar refractivity (Wildman–Crippen MR) is 69.0 cm³/mol. The van der Waals surface area contributed by atoms with E-state index in [1.54, 1.807) is 17.4 Å². The molecular weight excluding hydrogens is 250 g/mol. The molecule has 3 heterocycles. The Labute approximate surface area is 106 Å². The summed E-state index contributed by atoms with van der Waals surface area (Å²) in [5.41, 5.74) is 1.68. The molecule has 3 rings (SSSR count). The largest absolute Gasteiger partial charge is 0.364 e. The summed E-state index contributed by atoms with van der Waals surface area (Å²) in [6, 6.07) is 1.76. The molecular formula is C12H11N3O2S. The van der Waals surface area contributed by atoms with Crippen LogP contribution in [0.5, 0.6) is 0 Å². The Bertz CT molecular complexity index is 756. The van der Waals surface area contributed by atoms with Crippen molar-refractivity contribution in [3.8, 4) is 0 Å². The van der Waals surface area contributed by atoms with Crippen LogP contribution in [0.4, 0.5) is 0 Å². The molecule has 0 saturated carbocycles. The van der Waals surface area contributed by atoms with E-state index in [2.05, 4.69) is 15.1 Å². The highest BCUT2D eigenvalue weighted by Gasteiger charge is 2.12. The Balaban J connectivity index is 2.13. The summed E-state index contributed by atoms with van der Waals surface area (Å²) >= 11 is 1.54. The second kappa shape index (κ2) is 4.06. The number of H-pyrrole nitrogens is 1. The molecule has 0 atom stereocenters. The third-order valence-corrected chi connectivity index (χ3v) is 4.03. The van der Waals surface area contributed by atoms with E-state index in [0.29, 0.717) is 17.6 Å². The summed E-state index contributed by atoms with van der Waals surface area (Å²) in [5, 5.41) is 4.51. The molecule has 0 aromatic carbocycles. The monoisotopic (exact) mass is 261 g/mol. The van der Waals surface area contributed by atoms with Crippen molar-refractivity contribution in [2.24, 2.45) is 0 Å². The van der Waals surface area contributed by atoms with Crippen LogP contribution in [0.2, 0.25) is 0 Å². The number of rotatable bonds is 2. The zero-order chi connectivity index (χ0) is 12.7. The van der Waals surface area contributed by atoms with Gasteiger partial charge in [-0.15, -0.1) is 11.3 Å². The third kappa shape index (κ3) is 1.74. The summed E-state index contributed by atoms with van der Waals surface area (Å²) < 4.78 is 4.76. The van der Waals surface area contributed by atoms with Gasteiger partial charge < -0.3 is 9.51 Å². The van der Waals surface area contributed by atoms with Gasteiger partial charge in [0.05, 0.1) is 17.5 Å². The molecule has 5 nitrogen and oxygen atoms in total. The van der Waals surface area contributed by atoms with Gasteiger partial charge in [-0.05, 0) is 19.4 Å². The molecule has 3 aromatic rings. The van der Waals surface area contributed by atoms with Crippen molar-refractivity contribution in [1.82, 2.24) is 15.1 Å². The number of aromatic nitrogens is 3.